The molecular weight excluding hydrogens is 224 g/mol. The van der Waals surface area contributed by atoms with E-state index in [1.165, 1.54) is 0 Å². The van der Waals surface area contributed by atoms with Gasteiger partial charge in [-0.25, -0.2) is 0 Å². The zero-order chi connectivity index (χ0) is 14.0. The molecule has 1 amide bonds. The highest BCUT2D eigenvalue weighted by Gasteiger charge is 2.41. The SMILES string of the molecule is CCCC1(N)CN(C(=O)CC(C)CC(C)(C)C)C1. The van der Waals surface area contributed by atoms with Gasteiger partial charge in [-0.15, -0.1) is 0 Å². The first-order valence-electron chi connectivity index (χ1n) is 7.22. The largest absolute Gasteiger partial charge is 0.339 e. The van der Waals surface area contributed by atoms with Crippen LogP contribution in [0.15, 0.2) is 0 Å². The Morgan fingerprint density at radius 3 is 2.39 bits per heavy atom. The molecule has 0 aromatic carbocycles. The van der Waals surface area contributed by atoms with E-state index in [2.05, 4.69) is 34.6 Å². The summed E-state index contributed by atoms with van der Waals surface area (Å²) in [6, 6.07) is 0. The van der Waals surface area contributed by atoms with Crippen molar-refractivity contribution in [3.8, 4) is 0 Å². The smallest absolute Gasteiger partial charge is 0.222 e. The molecule has 2 N–H and O–H groups in total. The maximum Gasteiger partial charge on any atom is 0.222 e. The monoisotopic (exact) mass is 254 g/mol. The van der Waals surface area contributed by atoms with Gasteiger partial charge in [0.2, 0.25) is 5.91 Å². The van der Waals surface area contributed by atoms with Crippen LogP contribution in [0.3, 0.4) is 0 Å². The minimum atomic E-state index is -0.0995. The van der Waals surface area contributed by atoms with E-state index in [-0.39, 0.29) is 11.4 Å². The zero-order valence-corrected chi connectivity index (χ0v) is 12.8. The number of likely N-dealkylation sites (tertiary alicyclic amines) is 1. The normalized spacial score (nSPS) is 20.4. The molecule has 1 atom stereocenters. The van der Waals surface area contributed by atoms with Gasteiger partial charge in [0.15, 0.2) is 0 Å². The summed E-state index contributed by atoms with van der Waals surface area (Å²) < 4.78 is 0. The summed E-state index contributed by atoms with van der Waals surface area (Å²) in [5.74, 6) is 0.736. The van der Waals surface area contributed by atoms with Gasteiger partial charge in [-0.05, 0) is 24.2 Å². The van der Waals surface area contributed by atoms with E-state index in [0.29, 0.717) is 17.8 Å². The van der Waals surface area contributed by atoms with Crippen LogP contribution in [0.2, 0.25) is 0 Å². The topological polar surface area (TPSA) is 46.3 Å². The zero-order valence-electron chi connectivity index (χ0n) is 12.8. The van der Waals surface area contributed by atoms with Gasteiger partial charge in [-0.3, -0.25) is 4.79 Å². The average Bonchev–Trinajstić information content (AvgIpc) is 2.10. The minimum absolute atomic E-state index is 0.0995. The maximum atomic E-state index is 12.1. The fourth-order valence-electron chi connectivity index (χ4n) is 3.09. The lowest BCUT2D eigenvalue weighted by atomic mass is 9.82. The van der Waals surface area contributed by atoms with Gasteiger partial charge < -0.3 is 10.6 Å². The van der Waals surface area contributed by atoms with Gasteiger partial charge in [0.1, 0.15) is 0 Å². The minimum Gasteiger partial charge on any atom is -0.339 e. The third kappa shape index (κ3) is 4.60. The third-order valence-electron chi connectivity index (χ3n) is 3.60. The molecule has 106 valence electrons. The van der Waals surface area contributed by atoms with Crippen LogP contribution in [0.1, 0.15) is 60.3 Å². The molecule has 1 fully saturated rings. The number of rotatable bonds is 5. The van der Waals surface area contributed by atoms with Crippen LogP contribution in [-0.4, -0.2) is 29.4 Å². The molecule has 0 aliphatic carbocycles. The molecule has 0 saturated carbocycles. The van der Waals surface area contributed by atoms with Crippen LogP contribution in [-0.2, 0) is 4.79 Å². The van der Waals surface area contributed by atoms with Crippen molar-refractivity contribution in [3.05, 3.63) is 0 Å². The number of hydrogen-bond donors (Lipinski definition) is 1. The second kappa shape index (κ2) is 5.60. The molecule has 0 aromatic heterocycles. The molecule has 1 aliphatic heterocycles. The number of nitrogens with two attached hydrogens (primary N) is 1. The number of nitrogens with zero attached hydrogens (tertiary/aromatic N) is 1. The predicted octanol–water partition coefficient (Wildman–Crippen LogP) is 2.79. The van der Waals surface area contributed by atoms with Crippen molar-refractivity contribution >= 4 is 5.91 Å². The van der Waals surface area contributed by atoms with Crippen molar-refractivity contribution in [3.63, 3.8) is 0 Å². The molecule has 0 aromatic rings. The fraction of sp³-hybridized carbons (Fsp3) is 0.933. The molecule has 3 nitrogen and oxygen atoms in total. The van der Waals surface area contributed by atoms with Crippen molar-refractivity contribution < 1.29 is 4.79 Å². The van der Waals surface area contributed by atoms with E-state index in [1.54, 1.807) is 0 Å². The van der Waals surface area contributed by atoms with E-state index < -0.39 is 0 Å². The van der Waals surface area contributed by atoms with Crippen molar-refractivity contribution in [2.45, 2.75) is 65.8 Å². The lowest BCUT2D eigenvalue weighted by Gasteiger charge is -2.48. The molecule has 3 heteroatoms. The highest BCUT2D eigenvalue weighted by molar-refractivity contribution is 5.77. The summed E-state index contributed by atoms with van der Waals surface area (Å²) in [5.41, 5.74) is 6.38. The Bertz CT molecular complexity index is 287. The van der Waals surface area contributed by atoms with Gasteiger partial charge in [-0.2, -0.15) is 0 Å². The molecule has 1 aliphatic rings. The van der Waals surface area contributed by atoms with Crippen LogP contribution < -0.4 is 5.73 Å². The summed E-state index contributed by atoms with van der Waals surface area (Å²) in [4.78, 5) is 14.0. The first kappa shape index (κ1) is 15.5. The lowest BCUT2D eigenvalue weighted by molar-refractivity contribution is -0.140. The molecule has 18 heavy (non-hydrogen) atoms. The van der Waals surface area contributed by atoms with Gasteiger partial charge in [0, 0.05) is 19.5 Å². The molecule has 1 unspecified atom stereocenters. The van der Waals surface area contributed by atoms with Crippen LogP contribution in [0.4, 0.5) is 0 Å². The van der Waals surface area contributed by atoms with E-state index >= 15 is 0 Å². The summed E-state index contributed by atoms with van der Waals surface area (Å²) in [7, 11) is 0. The Kier molecular flexibility index (Phi) is 4.82. The number of hydrogen-bond acceptors (Lipinski definition) is 2. The van der Waals surface area contributed by atoms with Crippen molar-refractivity contribution in [1.29, 1.82) is 0 Å². The van der Waals surface area contributed by atoms with Gasteiger partial charge in [0.05, 0.1) is 5.54 Å². The quantitative estimate of drug-likeness (QED) is 0.820. The summed E-state index contributed by atoms with van der Waals surface area (Å²) in [5, 5.41) is 0. The lowest BCUT2D eigenvalue weighted by Crippen LogP contribution is -2.68. The fourth-order valence-corrected chi connectivity index (χ4v) is 3.09. The maximum absolute atomic E-state index is 12.1. The highest BCUT2D eigenvalue weighted by Crippen LogP contribution is 2.28. The first-order valence-corrected chi connectivity index (χ1v) is 7.22. The Balaban J connectivity index is 2.31. The van der Waals surface area contributed by atoms with Crippen molar-refractivity contribution in [2.75, 3.05) is 13.1 Å². The first-order chi connectivity index (χ1) is 8.15. The number of carbonyl (C=O) groups excluding carboxylic acids is 1. The van der Waals surface area contributed by atoms with Gasteiger partial charge >= 0.3 is 0 Å². The Morgan fingerprint density at radius 1 is 1.39 bits per heavy atom. The number of amides is 1. The highest BCUT2D eigenvalue weighted by atomic mass is 16.2. The van der Waals surface area contributed by atoms with Gasteiger partial charge in [-0.1, -0.05) is 41.0 Å². The molecule has 0 radical (unpaired) electrons. The molecule has 1 heterocycles. The second-order valence-corrected chi connectivity index (χ2v) is 7.44. The third-order valence-corrected chi connectivity index (χ3v) is 3.60. The van der Waals surface area contributed by atoms with E-state index in [1.807, 2.05) is 4.90 Å². The summed E-state index contributed by atoms with van der Waals surface area (Å²) in [6.45, 7) is 12.5. The Morgan fingerprint density at radius 2 is 1.94 bits per heavy atom. The standard InChI is InChI=1S/C15H30N2O/c1-6-7-15(16)10-17(11-15)13(18)8-12(2)9-14(3,4)5/h12H,6-11,16H2,1-5H3. The van der Waals surface area contributed by atoms with Crippen LogP contribution >= 0.6 is 0 Å². The van der Waals surface area contributed by atoms with Crippen LogP contribution in [0, 0.1) is 11.3 Å². The number of carbonyl (C=O) groups is 1. The van der Waals surface area contributed by atoms with E-state index in [0.717, 1.165) is 32.4 Å². The molecule has 0 spiro atoms. The summed E-state index contributed by atoms with van der Waals surface area (Å²) >= 11 is 0. The molecule has 1 saturated heterocycles. The van der Waals surface area contributed by atoms with Crippen molar-refractivity contribution in [1.82, 2.24) is 4.90 Å². The van der Waals surface area contributed by atoms with E-state index in [9.17, 15) is 4.79 Å². The van der Waals surface area contributed by atoms with E-state index in [4.69, 9.17) is 5.73 Å². The Labute approximate surface area is 112 Å². The average molecular weight is 254 g/mol. The van der Waals surface area contributed by atoms with Crippen molar-refractivity contribution in [2.24, 2.45) is 17.1 Å². The van der Waals surface area contributed by atoms with Crippen LogP contribution in [0.5, 0.6) is 0 Å². The molecular formula is C15H30N2O. The predicted molar refractivity (Wildman–Crippen MR) is 76.3 cm³/mol. The Hall–Kier alpha value is -0.570. The molecule has 1 rings (SSSR count). The van der Waals surface area contributed by atoms with Gasteiger partial charge in [0.25, 0.3) is 0 Å². The summed E-state index contributed by atoms with van der Waals surface area (Å²) in [6.07, 6.45) is 3.88. The molecule has 0 bridgehead atoms. The van der Waals surface area contributed by atoms with Crippen LogP contribution in [0.25, 0.3) is 0 Å². The second-order valence-electron chi connectivity index (χ2n) is 7.44.